The molecule has 0 aromatic carbocycles. The lowest BCUT2D eigenvalue weighted by Gasteiger charge is -2.12. The highest BCUT2D eigenvalue weighted by atomic mass is 32.1. The van der Waals surface area contributed by atoms with Crippen LogP contribution >= 0.6 is 11.3 Å². The maximum absolute atomic E-state index is 11.5. The van der Waals surface area contributed by atoms with Crippen molar-refractivity contribution >= 4 is 23.2 Å². The van der Waals surface area contributed by atoms with Crippen molar-refractivity contribution in [2.75, 3.05) is 33.7 Å². The predicted molar refractivity (Wildman–Crippen MR) is 80.7 cm³/mol. The number of hydrogen-bond donors (Lipinski definition) is 2. The molecule has 0 unspecified atom stereocenters. The van der Waals surface area contributed by atoms with E-state index in [1.165, 1.54) is 4.88 Å². The molecule has 0 spiro atoms. The number of likely N-dealkylation sites (N-methyl/N-ethyl adjacent to an activating group) is 1. The van der Waals surface area contributed by atoms with E-state index in [4.69, 9.17) is 0 Å². The van der Waals surface area contributed by atoms with Crippen molar-refractivity contribution in [3.8, 4) is 0 Å². The van der Waals surface area contributed by atoms with E-state index in [0.29, 0.717) is 5.96 Å². The molecule has 19 heavy (non-hydrogen) atoms. The third-order valence-corrected chi connectivity index (χ3v) is 3.40. The summed E-state index contributed by atoms with van der Waals surface area (Å²) in [5, 5.41) is 8.43. The van der Waals surface area contributed by atoms with Gasteiger partial charge in [-0.1, -0.05) is 6.07 Å². The van der Waals surface area contributed by atoms with E-state index < -0.39 is 0 Å². The molecule has 0 atom stereocenters. The summed E-state index contributed by atoms with van der Waals surface area (Å²) in [4.78, 5) is 18.6. The molecule has 1 amide bonds. The molecular formula is C13H22N4OS. The van der Waals surface area contributed by atoms with Gasteiger partial charge in [-0.3, -0.25) is 4.79 Å². The van der Waals surface area contributed by atoms with E-state index in [-0.39, 0.29) is 12.5 Å². The van der Waals surface area contributed by atoms with E-state index in [9.17, 15) is 4.79 Å². The minimum atomic E-state index is -0.00420. The molecule has 0 saturated heterocycles. The number of rotatable bonds is 6. The minimum Gasteiger partial charge on any atom is -0.357 e. The van der Waals surface area contributed by atoms with Gasteiger partial charge in [0.2, 0.25) is 5.91 Å². The average Bonchev–Trinajstić information content (AvgIpc) is 2.88. The topological polar surface area (TPSA) is 56.7 Å². The van der Waals surface area contributed by atoms with Gasteiger partial charge in [0.15, 0.2) is 5.96 Å². The molecule has 0 aliphatic carbocycles. The van der Waals surface area contributed by atoms with Crippen molar-refractivity contribution in [2.24, 2.45) is 4.99 Å². The first-order chi connectivity index (χ1) is 9.13. The zero-order valence-corrected chi connectivity index (χ0v) is 12.6. The predicted octanol–water partition coefficient (Wildman–Crippen LogP) is 0.934. The van der Waals surface area contributed by atoms with Crippen LogP contribution in [0.15, 0.2) is 22.5 Å². The lowest BCUT2D eigenvalue weighted by molar-refractivity contribution is -0.127. The Hall–Kier alpha value is -1.56. The van der Waals surface area contributed by atoms with Gasteiger partial charge in [-0.05, 0) is 24.8 Å². The highest BCUT2D eigenvalue weighted by Gasteiger charge is 2.03. The Labute approximate surface area is 118 Å². The standard InChI is InChI=1S/C13H22N4OS/c1-4-14-13(16-10-12(18)17(2)3)15-8-7-11-6-5-9-19-11/h5-6,9H,4,7-8,10H2,1-3H3,(H2,14,15,16). The fourth-order valence-corrected chi connectivity index (χ4v) is 2.10. The number of aliphatic imine (C=N–C) groups is 1. The van der Waals surface area contributed by atoms with Crippen molar-refractivity contribution in [1.82, 2.24) is 15.5 Å². The lowest BCUT2D eigenvalue weighted by Crippen LogP contribution is -2.39. The summed E-state index contributed by atoms with van der Waals surface area (Å²) in [5.41, 5.74) is 0. The van der Waals surface area contributed by atoms with Gasteiger partial charge in [0.25, 0.3) is 0 Å². The van der Waals surface area contributed by atoms with Gasteiger partial charge in [-0.15, -0.1) is 11.3 Å². The van der Waals surface area contributed by atoms with Gasteiger partial charge in [-0.25, -0.2) is 4.99 Å². The number of amides is 1. The molecular weight excluding hydrogens is 260 g/mol. The summed E-state index contributed by atoms with van der Waals surface area (Å²) in [7, 11) is 3.46. The van der Waals surface area contributed by atoms with Crippen molar-refractivity contribution in [3.05, 3.63) is 22.4 Å². The molecule has 0 saturated carbocycles. The Morgan fingerprint density at radius 2 is 2.21 bits per heavy atom. The number of hydrogen-bond acceptors (Lipinski definition) is 3. The molecule has 1 rings (SSSR count). The zero-order chi connectivity index (χ0) is 14.1. The number of guanidine groups is 1. The Kier molecular flexibility index (Phi) is 6.95. The van der Waals surface area contributed by atoms with Crippen LogP contribution in [0.4, 0.5) is 0 Å². The molecule has 2 N–H and O–H groups in total. The van der Waals surface area contributed by atoms with Crippen LogP contribution in [-0.4, -0.2) is 50.5 Å². The molecule has 106 valence electrons. The van der Waals surface area contributed by atoms with Crippen LogP contribution in [-0.2, 0) is 11.2 Å². The normalized spacial score (nSPS) is 11.2. The largest absolute Gasteiger partial charge is 0.357 e. The first-order valence-electron chi connectivity index (χ1n) is 6.38. The maximum Gasteiger partial charge on any atom is 0.243 e. The van der Waals surface area contributed by atoms with Crippen LogP contribution in [0, 0.1) is 0 Å². The second-order valence-electron chi connectivity index (χ2n) is 4.24. The van der Waals surface area contributed by atoms with Gasteiger partial charge >= 0.3 is 0 Å². The number of thiophene rings is 1. The first-order valence-corrected chi connectivity index (χ1v) is 7.26. The average molecular weight is 282 g/mol. The quantitative estimate of drug-likeness (QED) is 0.603. The number of nitrogens with one attached hydrogen (secondary N) is 2. The molecule has 5 nitrogen and oxygen atoms in total. The monoisotopic (exact) mass is 282 g/mol. The maximum atomic E-state index is 11.5. The lowest BCUT2D eigenvalue weighted by atomic mass is 10.3. The number of carbonyl (C=O) groups excluding carboxylic acids is 1. The van der Waals surface area contributed by atoms with Crippen molar-refractivity contribution in [3.63, 3.8) is 0 Å². The summed E-state index contributed by atoms with van der Waals surface area (Å²) in [6, 6.07) is 4.17. The van der Waals surface area contributed by atoms with E-state index in [2.05, 4.69) is 33.1 Å². The minimum absolute atomic E-state index is 0.00420. The van der Waals surface area contributed by atoms with Crippen LogP contribution in [0.5, 0.6) is 0 Å². The van der Waals surface area contributed by atoms with Crippen LogP contribution in [0.2, 0.25) is 0 Å². The van der Waals surface area contributed by atoms with E-state index in [1.54, 1.807) is 30.3 Å². The summed E-state index contributed by atoms with van der Waals surface area (Å²) >= 11 is 1.75. The molecule has 1 aromatic rings. The third-order valence-electron chi connectivity index (χ3n) is 2.46. The molecule has 0 fully saturated rings. The molecule has 6 heteroatoms. The van der Waals surface area contributed by atoms with Crippen LogP contribution in [0.3, 0.4) is 0 Å². The second kappa shape index (κ2) is 8.53. The Morgan fingerprint density at radius 3 is 2.79 bits per heavy atom. The van der Waals surface area contributed by atoms with Crippen molar-refractivity contribution in [2.45, 2.75) is 13.3 Å². The molecule has 0 bridgehead atoms. The fourth-order valence-electron chi connectivity index (χ4n) is 1.39. The second-order valence-corrected chi connectivity index (χ2v) is 5.27. The Morgan fingerprint density at radius 1 is 1.42 bits per heavy atom. The Balaban J connectivity index is 2.38. The summed E-state index contributed by atoms with van der Waals surface area (Å²) < 4.78 is 0. The third kappa shape index (κ3) is 6.24. The van der Waals surface area contributed by atoms with Gasteiger partial charge in [0.1, 0.15) is 6.54 Å². The molecule has 0 radical (unpaired) electrons. The molecule has 0 aliphatic heterocycles. The molecule has 1 heterocycles. The molecule has 0 aliphatic rings. The van der Waals surface area contributed by atoms with Crippen LogP contribution in [0.1, 0.15) is 11.8 Å². The summed E-state index contributed by atoms with van der Waals surface area (Å²) in [6.07, 6.45) is 0.962. The van der Waals surface area contributed by atoms with Gasteiger partial charge in [-0.2, -0.15) is 0 Å². The summed E-state index contributed by atoms with van der Waals surface area (Å²) in [6.45, 7) is 3.76. The smallest absolute Gasteiger partial charge is 0.243 e. The Bertz CT molecular complexity index is 401. The van der Waals surface area contributed by atoms with E-state index in [0.717, 1.165) is 19.5 Å². The van der Waals surface area contributed by atoms with Crippen LogP contribution < -0.4 is 10.6 Å². The SMILES string of the molecule is CCNC(=NCC(=O)N(C)C)NCCc1cccs1. The zero-order valence-electron chi connectivity index (χ0n) is 11.8. The number of nitrogens with zero attached hydrogens (tertiary/aromatic N) is 2. The highest BCUT2D eigenvalue weighted by molar-refractivity contribution is 7.09. The first kappa shape index (κ1) is 15.5. The van der Waals surface area contributed by atoms with Crippen molar-refractivity contribution < 1.29 is 4.79 Å². The van der Waals surface area contributed by atoms with E-state index >= 15 is 0 Å². The van der Waals surface area contributed by atoms with Crippen LogP contribution in [0.25, 0.3) is 0 Å². The van der Waals surface area contributed by atoms with Gasteiger partial charge in [0.05, 0.1) is 0 Å². The van der Waals surface area contributed by atoms with E-state index in [1.807, 2.05) is 6.92 Å². The number of carbonyl (C=O) groups is 1. The van der Waals surface area contributed by atoms with Crippen molar-refractivity contribution in [1.29, 1.82) is 0 Å². The molecule has 1 aromatic heterocycles. The van der Waals surface area contributed by atoms with Gasteiger partial charge in [0, 0.05) is 32.1 Å². The summed E-state index contributed by atoms with van der Waals surface area (Å²) in [5.74, 6) is 0.685. The van der Waals surface area contributed by atoms with Gasteiger partial charge < -0.3 is 15.5 Å². The highest BCUT2D eigenvalue weighted by Crippen LogP contribution is 2.07. The fraction of sp³-hybridized carbons (Fsp3) is 0.538.